The number of aryl methyl sites for hydroxylation is 2. The molecule has 0 aliphatic rings. The summed E-state index contributed by atoms with van der Waals surface area (Å²) in [6, 6.07) is 5.98. The number of thiazole rings is 1. The van der Waals surface area contributed by atoms with E-state index in [0.717, 1.165) is 4.88 Å². The third kappa shape index (κ3) is 3.00. The van der Waals surface area contributed by atoms with Gasteiger partial charge in [0.2, 0.25) is 0 Å². The van der Waals surface area contributed by atoms with E-state index in [-0.39, 0.29) is 11.7 Å². The zero-order chi connectivity index (χ0) is 16.6. The molecule has 0 unspecified atom stereocenters. The first-order chi connectivity index (χ1) is 11.0. The van der Waals surface area contributed by atoms with E-state index in [2.05, 4.69) is 15.4 Å². The maximum absolute atomic E-state index is 13.1. The van der Waals surface area contributed by atoms with Gasteiger partial charge in [-0.15, -0.1) is 11.3 Å². The fraction of sp³-hybridized carbons (Fsp3) is 0.188. The molecular weight excluding hydrogens is 315 g/mol. The summed E-state index contributed by atoms with van der Waals surface area (Å²) in [6.07, 6.45) is 1.71. The lowest BCUT2D eigenvalue weighted by Crippen LogP contribution is -2.14. The summed E-state index contributed by atoms with van der Waals surface area (Å²) in [5.74, 6) is -0.560. The zero-order valence-electron chi connectivity index (χ0n) is 12.9. The molecule has 0 fully saturated rings. The number of aromatic nitrogens is 3. The normalized spacial score (nSPS) is 10.8. The highest BCUT2D eigenvalue weighted by atomic mass is 32.1. The van der Waals surface area contributed by atoms with E-state index in [0.29, 0.717) is 27.8 Å². The van der Waals surface area contributed by atoms with Crippen LogP contribution in [0.5, 0.6) is 0 Å². The number of benzene rings is 1. The maximum atomic E-state index is 13.1. The molecule has 1 N–H and O–H groups in total. The van der Waals surface area contributed by atoms with Gasteiger partial charge in [0.05, 0.1) is 22.6 Å². The van der Waals surface area contributed by atoms with E-state index in [1.54, 1.807) is 29.9 Å². The molecule has 118 valence electrons. The Balaban J connectivity index is 1.94. The lowest BCUT2D eigenvalue weighted by atomic mass is 10.2. The van der Waals surface area contributed by atoms with Gasteiger partial charge in [-0.1, -0.05) is 0 Å². The van der Waals surface area contributed by atoms with Gasteiger partial charge in [0.15, 0.2) is 5.13 Å². The van der Waals surface area contributed by atoms with Gasteiger partial charge in [0.25, 0.3) is 5.91 Å². The second-order valence-corrected chi connectivity index (χ2v) is 6.40. The second-order valence-electron chi connectivity index (χ2n) is 5.16. The molecule has 0 aliphatic carbocycles. The Morgan fingerprint density at radius 3 is 2.52 bits per heavy atom. The Morgan fingerprint density at radius 2 is 1.91 bits per heavy atom. The molecule has 0 atom stereocenters. The highest BCUT2D eigenvalue weighted by Crippen LogP contribution is 2.22. The van der Waals surface area contributed by atoms with Crippen LogP contribution in [0.2, 0.25) is 0 Å². The molecule has 5 nitrogen and oxygen atoms in total. The van der Waals surface area contributed by atoms with Crippen LogP contribution < -0.4 is 5.32 Å². The number of nitrogens with zero attached hydrogens (tertiary/aromatic N) is 3. The first-order valence-corrected chi connectivity index (χ1v) is 7.83. The van der Waals surface area contributed by atoms with Gasteiger partial charge >= 0.3 is 0 Å². The summed E-state index contributed by atoms with van der Waals surface area (Å²) in [5.41, 5.74) is 2.51. The van der Waals surface area contributed by atoms with Crippen molar-refractivity contribution in [2.45, 2.75) is 20.8 Å². The first-order valence-electron chi connectivity index (χ1n) is 7.01. The summed E-state index contributed by atoms with van der Waals surface area (Å²) < 4.78 is 14.7. The molecule has 0 radical (unpaired) electrons. The first kappa shape index (κ1) is 15.4. The van der Waals surface area contributed by atoms with Crippen molar-refractivity contribution in [1.29, 1.82) is 0 Å². The SMILES string of the molecule is Cc1cnc(NC(=O)c2c(C)nn(-c3ccc(F)cc3)c2C)s1. The maximum Gasteiger partial charge on any atom is 0.261 e. The average molecular weight is 330 g/mol. The molecule has 0 saturated carbocycles. The minimum atomic E-state index is -0.313. The molecule has 0 bridgehead atoms. The molecule has 7 heteroatoms. The van der Waals surface area contributed by atoms with Crippen molar-refractivity contribution >= 4 is 22.4 Å². The number of hydrogen-bond acceptors (Lipinski definition) is 4. The fourth-order valence-corrected chi connectivity index (χ4v) is 3.04. The summed E-state index contributed by atoms with van der Waals surface area (Å²) in [4.78, 5) is 17.7. The van der Waals surface area contributed by atoms with E-state index in [4.69, 9.17) is 0 Å². The van der Waals surface area contributed by atoms with Crippen molar-refractivity contribution in [3.63, 3.8) is 0 Å². The number of amides is 1. The molecule has 0 aliphatic heterocycles. The van der Waals surface area contributed by atoms with Crippen molar-refractivity contribution < 1.29 is 9.18 Å². The Labute approximate surface area is 136 Å². The molecule has 0 spiro atoms. The molecule has 3 rings (SSSR count). The average Bonchev–Trinajstić information content (AvgIpc) is 3.03. The lowest BCUT2D eigenvalue weighted by Gasteiger charge is -2.05. The van der Waals surface area contributed by atoms with E-state index in [1.807, 2.05) is 13.8 Å². The quantitative estimate of drug-likeness (QED) is 0.797. The van der Waals surface area contributed by atoms with Crippen LogP contribution >= 0.6 is 11.3 Å². The van der Waals surface area contributed by atoms with E-state index in [9.17, 15) is 9.18 Å². The largest absolute Gasteiger partial charge is 0.298 e. The van der Waals surface area contributed by atoms with Crippen LogP contribution in [0.4, 0.5) is 9.52 Å². The predicted molar refractivity (Wildman–Crippen MR) is 87.8 cm³/mol. The monoisotopic (exact) mass is 330 g/mol. The van der Waals surface area contributed by atoms with Crippen molar-refractivity contribution in [1.82, 2.24) is 14.8 Å². The third-order valence-electron chi connectivity index (χ3n) is 3.43. The van der Waals surface area contributed by atoms with Crippen molar-refractivity contribution in [2.24, 2.45) is 0 Å². The minimum Gasteiger partial charge on any atom is -0.298 e. The third-order valence-corrected chi connectivity index (χ3v) is 4.26. The molecular formula is C16H15FN4OS. The van der Waals surface area contributed by atoms with E-state index < -0.39 is 0 Å². The number of nitrogens with one attached hydrogen (secondary N) is 1. The van der Waals surface area contributed by atoms with Gasteiger partial charge in [-0.2, -0.15) is 5.10 Å². The van der Waals surface area contributed by atoms with Crippen molar-refractivity contribution in [3.05, 3.63) is 58.1 Å². The van der Waals surface area contributed by atoms with E-state index in [1.165, 1.54) is 23.5 Å². The molecule has 2 aromatic heterocycles. The molecule has 1 aromatic carbocycles. The Kier molecular flexibility index (Phi) is 3.96. The van der Waals surface area contributed by atoms with Gasteiger partial charge in [0.1, 0.15) is 5.82 Å². The summed E-state index contributed by atoms with van der Waals surface area (Å²) in [7, 11) is 0. The number of carbonyl (C=O) groups is 1. The molecule has 3 aromatic rings. The zero-order valence-corrected chi connectivity index (χ0v) is 13.7. The number of hydrogen-bond donors (Lipinski definition) is 1. The van der Waals surface area contributed by atoms with Crippen LogP contribution in [0, 0.1) is 26.6 Å². The standard InChI is InChI=1S/C16H15FN4OS/c1-9-8-18-16(23-9)19-15(22)14-10(2)20-21(11(14)3)13-6-4-12(17)5-7-13/h4-8H,1-3H3,(H,18,19,22). The predicted octanol–water partition coefficient (Wildman–Crippen LogP) is 3.65. The van der Waals surface area contributed by atoms with Crippen LogP contribution in [0.25, 0.3) is 5.69 Å². The summed E-state index contributed by atoms with van der Waals surface area (Å²) in [6.45, 7) is 5.51. The van der Waals surface area contributed by atoms with Crippen LogP contribution in [0.1, 0.15) is 26.6 Å². The van der Waals surface area contributed by atoms with Gasteiger partial charge in [-0.05, 0) is 45.0 Å². The van der Waals surface area contributed by atoms with Crippen LogP contribution in [0.3, 0.4) is 0 Å². The Hall–Kier alpha value is -2.54. The van der Waals surface area contributed by atoms with Gasteiger partial charge in [-0.25, -0.2) is 14.1 Å². The molecule has 1 amide bonds. The molecule has 23 heavy (non-hydrogen) atoms. The minimum absolute atomic E-state index is 0.247. The van der Waals surface area contributed by atoms with Crippen molar-refractivity contribution in [3.8, 4) is 5.69 Å². The number of halogens is 1. The van der Waals surface area contributed by atoms with Gasteiger partial charge < -0.3 is 0 Å². The summed E-state index contributed by atoms with van der Waals surface area (Å²) >= 11 is 1.42. The van der Waals surface area contributed by atoms with Crippen LogP contribution in [-0.4, -0.2) is 20.7 Å². The smallest absolute Gasteiger partial charge is 0.261 e. The number of anilines is 1. The second kappa shape index (κ2) is 5.92. The van der Waals surface area contributed by atoms with Crippen LogP contribution in [0.15, 0.2) is 30.5 Å². The number of carbonyl (C=O) groups excluding carboxylic acids is 1. The Bertz CT molecular complexity index is 867. The van der Waals surface area contributed by atoms with Gasteiger partial charge in [-0.3, -0.25) is 10.1 Å². The topological polar surface area (TPSA) is 59.8 Å². The Morgan fingerprint density at radius 1 is 1.22 bits per heavy atom. The number of rotatable bonds is 3. The van der Waals surface area contributed by atoms with Gasteiger partial charge in [0, 0.05) is 11.1 Å². The van der Waals surface area contributed by atoms with Crippen molar-refractivity contribution in [2.75, 3.05) is 5.32 Å². The fourth-order valence-electron chi connectivity index (χ4n) is 2.38. The van der Waals surface area contributed by atoms with E-state index >= 15 is 0 Å². The highest BCUT2D eigenvalue weighted by molar-refractivity contribution is 7.15. The van der Waals surface area contributed by atoms with Crippen LogP contribution in [-0.2, 0) is 0 Å². The molecule has 2 heterocycles. The molecule has 0 saturated heterocycles. The lowest BCUT2D eigenvalue weighted by molar-refractivity contribution is 0.102. The summed E-state index contributed by atoms with van der Waals surface area (Å²) in [5, 5.41) is 7.74. The highest BCUT2D eigenvalue weighted by Gasteiger charge is 2.20.